The highest BCUT2D eigenvalue weighted by molar-refractivity contribution is 7.59. The molecule has 0 amide bonds. The lowest BCUT2D eigenvalue weighted by molar-refractivity contribution is -0.195. The van der Waals surface area contributed by atoms with E-state index in [1.165, 1.54) is 13.8 Å². The Balaban J connectivity index is -0.000000244. The maximum Gasteiger partial charge on any atom is 0.410 e. The molecule has 0 saturated carbocycles. The van der Waals surface area contributed by atoms with Gasteiger partial charge < -0.3 is 25.0 Å². The van der Waals surface area contributed by atoms with Gasteiger partial charge in [-0.15, -0.1) is 0 Å². The number of aliphatic carboxylic acids is 2. The lowest BCUT2D eigenvalue weighted by Gasteiger charge is -2.31. The quantitative estimate of drug-likeness (QED) is 0.202. The van der Waals surface area contributed by atoms with Crippen LogP contribution in [-0.2, 0) is 28.7 Å². The molecule has 3 N–H and O–H groups in total. The second-order valence-electron chi connectivity index (χ2n) is 6.72. The van der Waals surface area contributed by atoms with Gasteiger partial charge in [0.25, 0.3) is 0 Å². The molecule has 0 spiro atoms. The number of allylic oxidation sites excluding steroid dienone is 1. The minimum atomic E-state index is -4.70. The zero-order valence-electron chi connectivity index (χ0n) is 21.1. The van der Waals surface area contributed by atoms with Gasteiger partial charge in [0.2, 0.25) is 0 Å². The van der Waals surface area contributed by atoms with Gasteiger partial charge >= 0.3 is 36.2 Å². The van der Waals surface area contributed by atoms with Crippen LogP contribution in [0.2, 0.25) is 0 Å². The summed E-state index contributed by atoms with van der Waals surface area (Å²) in [6.07, 6.45) is -9.89. The summed E-state index contributed by atoms with van der Waals surface area (Å²) in [5, 5.41) is 19.4. The van der Waals surface area contributed by atoms with E-state index in [1.807, 2.05) is 0 Å². The maximum atomic E-state index is 12.8. The Morgan fingerprint density at radius 2 is 1.41 bits per heavy atom. The minimum absolute atomic E-state index is 0. The van der Waals surface area contributed by atoms with E-state index in [2.05, 4.69) is 14.8 Å². The predicted molar refractivity (Wildman–Crippen MR) is 124 cm³/mol. The fourth-order valence-corrected chi connectivity index (χ4v) is 1.79. The van der Waals surface area contributed by atoms with Crippen molar-refractivity contribution in [2.45, 2.75) is 64.6 Å². The number of hydrogen-bond acceptors (Lipinski definition) is 8. The molecule has 0 radical (unpaired) electrons. The molecule has 220 valence electrons. The van der Waals surface area contributed by atoms with Crippen molar-refractivity contribution < 1.29 is 65.2 Å². The number of alkyl halides is 6. The van der Waals surface area contributed by atoms with Crippen LogP contribution in [0, 0.1) is 0 Å². The molecule has 0 aliphatic rings. The summed E-state index contributed by atoms with van der Waals surface area (Å²) in [5.74, 6) is -4.20. The van der Waals surface area contributed by atoms with Crippen molar-refractivity contribution in [2.75, 3.05) is 27.3 Å². The highest BCUT2D eigenvalue weighted by atomic mass is 32.1. The number of nitrogens with one attached hydrogen (secondary N) is 1. The fourth-order valence-electron chi connectivity index (χ4n) is 1.79. The number of nitrogens with zero attached hydrogens (tertiary/aromatic N) is 1. The van der Waals surface area contributed by atoms with E-state index < -0.39 is 60.8 Å². The second kappa shape index (κ2) is 20.5. The number of carbonyl (C=O) groups is 4. The molecule has 17 heteroatoms. The van der Waals surface area contributed by atoms with Gasteiger partial charge in [0, 0.05) is 12.2 Å². The minimum Gasteiger partial charge on any atom is -0.480 e. The average molecular weight is 577 g/mol. The van der Waals surface area contributed by atoms with E-state index in [9.17, 15) is 45.5 Å². The highest BCUT2D eigenvalue weighted by Gasteiger charge is 2.46. The Kier molecular flexibility index (Phi) is 23.1. The molecule has 0 heterocycles. The zero-order chi connectivity index (χ0) is 29.3. The molecule has 37 heavy (non-hydrogen) atoms. The van der Waals surface area contributed by atoms with Crippen molar-refractivity contribution in [3.63, 3.8) is 0 Å². The van der Waals surface area contributed by atoms with Crippen LogP contribution in [-0.4, -0.2) is 96.8 Å². The van der Waals surface area contributed by atoms with E-state index in [1.54, 1.807) is 14.0 Å². The van der Waals surface area contributed by atoms with Crippen molar-refractivity contribution in [3.8, 4) is 0 Å². The molecular formula is C20H34F6N2O8S. The van der Waals surface area contributed by atoms with Crippen molar-refractivity contribution >= 4 is 37.4 Å². The van der Waals surface area contributed by atoms with Gasteiger partial charge in [0.1, 0.15) is 18.1 Å². The van der Waals surface area contributed by atoms with E-state index in [-0.39, 0.29) is 32.8 Å². The normalized spacial score (nSPS) is 13.5. The van der Waals surface area contributed by atoms with E-state index >= 15 is 0 Å². The molecule has 10 nitrogen and oxygen atoms in total. The fraction of sp³-hybridized carbons (Fsp3) is 0.700. The number of halogens is 6. The van der Waals surface area contributed by atoms with Crippen LogP contribution in [0.15, 0.2) is 12.2 Å². The summed E-state index contributed by atoms with van der Waals surface area (Å²) in [4.78, 5) is 42.5. The van der Waals surface area contributed by atoms with Crippen LogP contribution in [0.1, 0.15) is 34.1 Å². The van der Waals surface area contributed by atoms with Gasteiger partial charge in [-0.05, 0) is 41.8 Å². The average Bonchev–Trinajstić information content (AvgIpc) is 2.74. The van der Waals surface area contributed by atoms with Gasteiger partial charge in [0.05, 0.1) is 19.6 Å². The third kappa shape index (κ3) is 23.6. The smallest absolute Gasteiger partial charge is 0.410 e. The first-order valence-electron chi connectivity index (χ1n) is 10.2. The number of carbonyl (C=O) groups excluding carboxylic acids is 2. The zero-order valence-corrected chi connectivity index (χ0v) is 22.1. The van der Waals surface area contributed by atoms with Crippen LogP contribution in [0.4, 0.5) is 26.3 Å². The molecule has 0 aliphatic carbocycles. The first-order valence-corrected chi connectivity index (χ1v) is 10.2. The number of carboxylic acids is 2. The lowest BCUT2D eigenvalue weighted by atomic mass is 10.1. The number of ether oxygens (including phenoxy) is 2. The van der Waals surface area contributed by atoms with E-state index in [0.29, 0.717) is 11.0 Å². The van der Waals surface area contributed by atoms with Crippen LogP contribution in [0.25, 0.3) is 0 Å². The molecule has 0 fully saturated rings. The van der Waals surface area contributed by atoms with E-state index in [0.717, 1.165) is 14.0 Å². The molecule has 0 aromatic carbocycles. The Labute approximate surface area is 217 Å². The number of esters is 2. The van der Waals surface area contributed by atoms with Gasteiger partial charge in [-0.25, -0.2) is 4.79 Å². The summed E-state index contributed by atoms with van der Waals surface area (Å²) >= 11 is 0. The topological polar surface area (TPSA) is 142 Å². The molecule has 3 atom stereocenters. The summed E-state index contributed by atoms with van der Waals surface area (Å²) in [7, 11) is 2.62. The molecule has 0 rings (SSSR count). The second-order valence-corrected chi connectivity index (χ2v) is 6.72. The molecule has 1 unspecified atom stereocenters. The summed E-state index contributed by atoms with van der Waals surface area (Å²) in [6.45, 7) is 5.74. The van der Waals surface area contributed by atoms with Crippen molar-refractivity contribution in [2.24, 2.45) is 0 Å². The number of carboxylic acid groups (broad SMARTS) is 2. The molecule has 0 aromatic heterocycles. The highest BCUT2D eigenvalue weighted by Crippen LogP contribution is 2.28. The molecule has 0 saturated heterocycles. The third-order valence-corrected chi connectivity index (χ3v) is 4.00. The lowest BCUT2D eigenvalue weighted by Crippen LogP contribution is -2.51. The Bertz CT molecular complexity index is 720. The Morgan fingerprint density at radius 1 is 0.946 bits per heavy atom. The van der Waals surface area contributed by atoms with Crippen LogP contribution < -0.4 is 5.32 Å². The SMILES string of the molecule is CCOC(=O)/C=C/C(F)(F)F.CCOC(=O)CC(N(C)[C@@H](C)C(=O)O)C(F)(F)F.CN[C@@H](C)C(=O)O.S. The number of likely N-dealkylation sites (N-methyl/N-ethyl adjacent to an activating group) is 2. The summed E-state index contributed by atoms with van der Waals surface area (Å²) < 4.78 is 81.0. The van der Waals surface area contributed by atoms with Crippen molar-refractivity contribution in [3.05, 3.63) is 12.2 Å². The summed E-state index contributed by atoms with van der Waals surface area (Å²) in [5.41, 5.74) is 0. The van der Waals surface area contributed by atoms with Gasteiger partial charge in [-0.2, -0.15) is 39.8 Å². The van der Waals surface area contributed by atoms with Crippen molar-refractivity contribution in [1.29, 1.82) is 0 Å². The van der Waals surface area contributed by atoms with Gasteiger partial charge in [0.15, 0.2) is 0 Å². The van der Waals surface area contributed by atoms with E-state index in [4.69, 9.17) is 10.2 Å². The first kappa shape index (κ1) is 41.6. The predicted octanol–water partition coefficient (Wildman–Crippen LogP) is 2.74. The standard InChI is InChI=1S/C10H16F3NO4.C6H7F3O2.C4H9NO2.H2S/c1-4-18-8(15)5-7(10(11,12)13)14(3)6(2)9(16)17;1-2-11-5(10)3-4-6(7,8)9;1-3(5-2)4(6)7;/h6-7H,4-5H2,1-3H3,(H,16,17);3-4H,2H2,1H3;3,5H,1-2H3,(H,6,7);1H2/b;4-3+;;/t6-,7?;;3-;/m0.0./s1. The third-order valence-electron chi connectivity index (χ3n) is 4.00. The maximum absolute atomic E-state index is 12.8. The van der Waals surface area contributed by atoms with Gasteiger partial charge in [-0.1, -0.05) is 0 Å². The first-order chi connectivity index (χ1) is 16.2. The van der Waals surface area contributed by atoms with Crippen LogP contribution in [0.3, 0.4) is 0 Å². The van der Waals surface area contributed by atoms with Crippen molar-refractivity contribution in [1.82, 2.24) is 10.2 Å². The number of hydrogen-bond donors (Lipinski definition) is 3. The largest absolute Gasteiger partial charge is 0.480 e. The molecule has 0 bridgehead atoms. The molecule has 0 aliphatic heterocycles. The van der Waals surface area contributed by atoms with Crippen LogP contribution in [0.5, 0.6) is 0 Å². The Hall–Kier alpha value is -2.53. The Morgan fingerprint density at radius 3 is 1.68 bits per heavy atom. The van der Waals surface area contributed by atoms with Gasteiger partial charge in [-0.3, -0.25) is 19.3 Å². The summed E-state index contributed by atoms with van der Waals surface area (Å²) in [6, 6.07) is -3.96. The number of rotatable bonds is 10. The molecular weight excluding hydrogens is 542 g/mol. The monoisotopic (exact) mass is 576 g/mol. The van der Waals surface area contributed by atoms with Crippen LogP contribution >= 0.6 is 13.5 Å². The molecule has 0 aromatic rings.